The lowest BCUT2D eigenvalue weighted by molar-refractivity contribution is -0.148. The summed E-state index contributed by atoms with van der Waals surface area (Å²) in [4.78, 5) is 67.3. The van der Waals surface area contributed by atoms with Gasteiger partial charge in [-0.05, 0) is 40.4 Å². The van der Waals surface area contributed by atoms with E-state index in [0.717, 1.165) is 19.3 Å². The van der Waals surface area contributed by atoms with Crippen LogP contribution < -0.4 is 0 Å². The molecule has 1 saturated heterocycles. The van der Waals surface area contributed by atoms with Crippen LogP contribution >= 0.6 is 0 Å². The number of amides is 1. The van der Waals surface area contributed by atoms with Crippen LogP contribution in [-0.4, -0.2) is 46.5 Å². The Morgan fingerprint density at radius 2 is 1.54 bits per heavy atom. The van der Waals surface area contributed by atoms with Crippen molar-refractivity contribution in [1.29, 1.82) is 0 Å². The van der Waals surface area contributed by atoms with Gasteiger partial charge in [0.1, 0.15) is 5.78 Å². The Hall–Kier alpha value is -1.85. The van der Waals surface area contributed by atoms with E-state index in [-0.39, 0.29) is 53.0 Å². The average molecular weight is 516 g/mol. The van der Waals surface area contributed by atoms with E-state index in [9.17, 15) is 24.0 Å². The lowest BCUT2D eigenvalue weighted by Gasteiger charge is -2.38. The van der Waals surface area contributed by atoms with E-state index in [0.29, 0.717) is 25.3 Å². The molecule has 0 aromatic heterocycles. The second-order valence-electron chi connectivity index (χ2n) is 15.1. The molecule has 3 fully saturated rings. The summed E-state index contributed by atoms with van der Waals surface area (Å²) in [6, 6.07) is -0.585. The maximum Gasteiger partial charge on any atom is 0.227 e. The predicted octanol–water partition coefficient (Wildman–Crippen LogP) is 5.45. The van der Waals surface area contributed by atoms with Crippen LogP contribution in [-0.2, 0) is 24.0 Å². The van der Waals surface area contributed by atoms with Crippen molar-refractivity contribution in [1.82, 2.24) is 4.90 Å². The van der Waals surface area contributed by atoms with E-state index in [4.69, 9.17) is 0 Å². The molecule has 4 unspecified atom stereocenters. The molecule has 208 valence electrons. The molecular weight excluding hydrogens is 466 g/mol. The Labute approximate surface area is 223 Å². The normalized spacial score (nSPS) is 26.6. The van der Waals surface area contributed by atoms with Gasteiger partial charge in [-0.2, -0.15) is 0 Å². The van der Waals surface area contributed by atoms with E-state index in [1.54, 1.807) is 4.90 Å². The number of fused-ring (bicyclic) bond motifs is 1. The molecule has 37 heavy (non-hydrogen) atoms. The van der Waals surface area contributed by atoms with E-state index >= 15 is 0 Å². The van der Waals surface area contributed by atoms with Gasteiger partial charge in [0.2, 0.25) is 11.7 Å². The summed E-state index contributed by atoms with van der Waals surface area (Å²) in [5.41, 5.74) is -0.624. The highest BCUT2D eigenvalue weighted by molar-refractivity contribution is 6.37. The molecule has 1 heterocycles. The first kappa shape index (κ1) is 29.7. The van der Waals surface area contributed by atoms with Crippen LogP contribution in [0.4, 0.5) is 0 Å². The smallest absolute Gasteiger partial charge is 0.227 e. The SMILES string of the molecule is CC(=O)C(=O)C(CC(=O)[C@@H]1C2C(CN1C(=O)C(CC(=O)CC(C)(C)C)C(C)(C)C)C2(C)C)CC1CCC1. The van der Waals surface area contributed by atoms with E-state index < -0.39 is 34.9 Å². The fraction of sp³-hybridized carbons (Fsp3) is 0.839. The Morgan fingerprint density at radius 3 is 2.00 bits per heavy atom. The zero-order chi connectivity index (χ0) is 28.1. The molecule has 3 aliphatic rings. The molecule has 0 spiro atoms. The number of rotatable bonds is 11. The zero-order valence-electron chi connectivity index (χ0n) is 24.6. The molecule has 0 aromatic rings. The van der Waals surface area contributed by atoms with Crippen molar-refractivity contribution < 1.29 is 24.0 Å². The molecule has 5 atom stereocenters. The molecule has 2 saturated carbocycles. The van der Waals surface area contributed by atoms with Gasteiger partial charge < -0.3 is 4.90 Å². The van der Waals surface area contributed by atoms with E-state index in [1.807, 2.05) is 41.5 Å². The predicted molar refractivity (Wildman–Crippen MR) is 144 cm³/mol. The summed E-state index contributed by atoms with van der Waals surface area (Å²) in [5, 5.41) is 0. The quantitative estimate of drug-likeness (QED) is 0.341. The highest BCUT2D eigenvalue weighted by atomic mass is 16.2. The summed E-state index contributed by atoms with van der Waals surface area (Å²) in [7, 11) is 0. The number of piperidine rings is 1. The number of likely N-dealkylation sites (tertiary alicyclic amines) is 1. The molecule has 1 amide bonds. The Balaban J connectivity index is 1.83. The van der Waals surface area contributed by atoms with Crippen LogP contribution in [0.15, 0.2) is 0 Å². The van der Waals surface area contributed by atoms with Crippen LogP contribution in [0.1, 0.15) is 107 Å². The Bertz CT molecular complexity index is 946. The highest BCUT2D eigenvalue weighted by Gasteiger charge is 2.69. The molecule has 2 aliphatic carbocycles. The van der Waals surface area contributed by atoms with Gasteiger partial charge in [-0.15, -0.1) is 0 Å². The fourth-order valence-corrected chi connectivity index (χ4v) is 6.80. The van der Waals surface area contributed by atoms with Crippen molar-refractivity contribution in [2.45, 2.75) is 113 Å². The summed E-state index contributed by atoms with van der Waals surface area (Å²) >= 11 is 0. The molecule has 0 aromatic carbocycles. The number of hydrogen-bond acceptors (Lipinski definition) is 5. The first-order valence-corrected chi connectivity index (χ1v) is 14.2. The monoisotopic (exact) mass is 515 g/mol. The van der Waals surface area contributed by atoms with Gasteiger partial charge in [0.25, 0.3) is 0 Å². The van der Waals surface area contributed by atoms with Gasteiger partial charge in [0.05, 0.1) is 6.04 Å². The number of ketones is 4. The third-order valence-corrected chi connectivity index (χ3v) is 9.33. The maximum absolute atomic E-state index is 14.0. The van der Waals surface area contributed by atoms with Crippen molar-refractivity contribution in [3.05, 3.63) is 0 Å². The standard InChI is InChI=1S/C31H49NO5/c1-18(33)27(36)20(13-19-11-10-12-19)14-24(35)26-25-23(31(25,8)9)17-32(26)28(37)22(30(5,6)7)15-21(34)16-29(2,3)4/h19-20,22-23,25-26H,10-17H2,1-9H3/t20?,22?,23?,25?,26-/m1/s1. The van der Waals surface area contributed by atoms with Crippen molar-refractivity contribution >= 4 is 29.0 Å². The molecule has 0 bridgehead atoms. The van der Waals surface area contributed by atoms with Gasteiger partial charge in [0, 0.05) is 44.6 Å². The molecule has 0 N–H and O–H groups in total. The maximum atomic E-state index is 14.0. The highest BCUT2D eigenvalue weighted by Crippen LogP contribution is 2.65. The summed E-state index contributed by atoms with van der Waals surface area (Å²) in [6.07, 6.45) is 4.38. The van der Waals surface area contributed by atoms with Crippen molar-refractivity contribution in [2.24, 2.45) is 45.8 Å². The van der Waals surface area contributed by atoms with E-state index in [1.165, 1.54) is 6.92 Å². The topological polar surface area (TPSA) is 88.6 Å². The number of carbonyl (C=O) groups is 5. The van der Waals surface area contributed by atoms with Crippen LogP contribution in [0.25, 0.3) is 0 Å². The number of Topliss-reactive ketones (excluding diaryl/α,β-unsaturated/α-hetero) is 4. The Morgan fingerprint density at radius 1 is 0.946 bits per heavy atom. The van der Waals surface area contributed by atoms with Crippen LogP contribution in [0.2, 0.25) is 0 Å². The van der Waals surface area contributed by atoms with Gasteiger partial charge in [-0.25, -0.2) is 0 Å². The molecule has 1 aliphatic heterocycles. The second kappa shape index (κ2) is 10.4. The zero-order valence-corrected chi connectivity index (χ0v) is 24.6. The largest absolute Gasteiger partial charge is 0.332 e. The number of hydrogen-bond donors (Lipinski definition) is 0. The third-order valence-electron chi connectivity index (χ3n) is 9.33. The van der Waals surface area contributed by atoms with Crippen LogP contribution in [0.3, 0.4) is 0 Å². The lowest BCUT2D eigenvalue weighted by Crippen LogP contribution is -2.51. The minimum Gasteiger partial charge on any atom is -0.332 e. The van der Waals surface area contributed by atoms with Gasteiger partial charge in [0.15, 0.2) is 11.6 Å². The van der Waals surface area contributed by atoms with Gasteiger partial charge in [-0.1, -0.05) is 74.7 Å². The van der Waals surface area contributed by atoms with Gasteiger partial charge in [-0.3, -0.25) is 24.0 Å². The van der Waals surface area contributed by atoms with Crippen molar-refractivity contribution in [2.75, 3.05) is 6.54 Å². The van der Waals surface area contributed by atoms with Gasteiger partial charge >= 0.3 is 0 Å². The van der Waals surface area contributed by atoms with Crippen molar-refractivity contribution in [3.8, 4) is 0 Å². The third kappa shape index (κ3) is 6.60. The number of nitrogens with zero attached hydrogens (tertiary/aromatic N) is 1. The summed E-state index contributed by atoms with van der Waals surface area (Å²) in [6.45, 7) is 18.1. The summed E-state index contributed by atoms with van der Waals surface area (Å²) < 4.78 is 0. The van der Waals surface area contributed by atoms with Crippen molar-refractivity contribution in [3.63, 3.8) is 0 Å². The van der Waals surface area contributed by atoms with Crippen LogP contribution in [0.5, 0.6) is 0 Å². The molecule has 6 nitrogen and oxygen atoms in total. The van der Waals surface area contributed by atoms with Crippen LogP contribution in [0, 0.1) is 45.8 Å². The fourth-order valence-electron chi connectivity index (χ4n) is 6.80. The number of carbonyl (C=O) groups excluding carboxylic acids is 5. The minimum atomic E-state index is -0.597. The second-order valence-corrected chi connectivity index (χ2v) is 15.1. The summed E-state index contributed by atoms with van der Waals surface area (Å²) in [5.74, 6) is -1.51. The molecule has 0 radical (unpaired) electrons. The molecule has 3 rings (SSSR count). The minimum absolute atomic E-state index is 0.0196. The first-order chi connectivity index (χ1) is 16.8. The average Bonchev–Trinajstić information content (AvgIpc) is 3.06. The lowest BCUT2D eigenvalue weighted by atomic mass is 9.74. The first-order valence-electron chi connectivity index (χ1n) is 14.2. The van der Waals surface area contributed by atoms with E-state index in [2.05, 4.69) is 13.8 Å². The molecule has 6 heteroatoms. The molecular formula is C31H49NO5. The Kier molecular flexibility index (Phi) is 8.33.